The van der Waals surface area contributed by atoms with Crippen molar-refractivity contribution >= 4 is 17.4 Å². The van der Waals surface area contributed by atoms with Crippen LogP contribution in [0.5, 0.6) is 0 Å². The van der Waals surface area contributed by atoms with Gasteiger partial charge in [0, 0.05) is 30.8 Å². The van der Waals surface area contributed by atoms with Gasteiger partial charge >= 0.3 is 0 Å². The molecule has 0 aromatic heterocycles. The Hall–Kier alpha value is -2.62. The Morgan fingerprint density at radius 3 is 2.54 bits per heavy atom. The molecule has 1 saturated carbocycles. The van der Waals surface area contributed by atoms with Gasteiger partial charge in [-0.3, -0.25) is 9.79 Å². The number of nitrogens with zero attached hydrogens (tertiary/aromatic N) is 2. The van der Waals surface area contributed by atoms with Gasteiger partial charge in [0.25, 0.3) is 5.91 Å². The molecule has 1 aliphatic heterocycles. The van der Waals surface area contributed by atoms with Crippen molar-refractivity contribution in [2.75, 3.05) is 19.4 Å². The standard InChI is InChI=1S/C24H29N3O/c1-27(2)22(28)20-12-6-4-11-19(20)17-25-23-24(14-8-3-9-15-24)16-18-10-5-7-13-21(18)26-23/h4-7,10-13H,3,8-9,14-17H2,1-2H3,(H,25,26). The predicted molar refractivity (Wildman–Crippen MR) is 115 cm³/mol. The number of benzene rings is 2. The molecule has 1 aliphatic carbocycles. The molecule has 28 heavy (non-hydrogen) atoms. The maximum atomic E-state index is 12.5. The van der Waals surface area contributed by atoms with E-state index in [0.29, 0.717) is 6.54 Å². The molecule has 0 saturated heterocycles. The number of amides is 1. The molecule has 2 aliphatic rings. The molecule has 0 unspecified atom stereocenters. The average molecular weight is 376 g/mol. The highest BCUT2D eigenvalue weighted by atomic mass is 16.2. The van der Waals surface area contributed by atoms with Crippen molar-refractivity contribution in [2.45, 2.75) is 45.1 Å². The van der Waals surface area contributed by atoms with Gasteiger partial charge < -0.3 is 10.2 Å². The molecule has 1 amide bonds. The van der Waals surface area contributed by atoms with Crippen molar-refractivity contribution in [3.8, 4) is 0 Å². The largest absolute Gasteiger partial charge is 0.345 e. The number of anilines is 1. The molecule has 0 atom stereocenters. The third-order valence-electron chi connectivity index (χ3n) is 6.17. The summed E-state index contributed by atoms with van der Waals surface area (Å²) in [5.41, 5.74) is 4.42. The second kappa shape index (κ2) is 7.78. The number of para-hydroxylation sites is 1. The number of carbonyl (C=O) groups excluding carboxylic acids is 1. The number of amidine groups is 1. The van der Waals surface area contributed by atoms with Crippen LogP contribution in [0.25, 0.3) is 0 Å². The van der Waals surface area contributed by atoms with Crippen LogP contribution in [0, 0.1) is 5.41 Å². The summed E-state index contributed by atoms with van der Waals surface area (Å²) in [6, 6.07) is 16.4. The van der Waals surface area contributed by atoms with Crippen molar-refractivity contribution in [1.82, 2.24) is 4.90 Å². The Morgan fingerprint density at radius 1 is 1.04 bits per heavy atom. The quantitative estimate of drug-likeness (QED) is 0.829. The van der Waals surface area contributed by atoms with Gasteiger partial charge in [-0.2, -0.15) is 0 Å². The minimum atomic E-state index is 0.0325. The molecule has 0 radical (unpaired) electrons. The summed E-state index contributed by atoms with van der Waals surface area (Å²) in [7, 11) is 3.59. The first-order valence-electron chi connectivity index (χ1n) is 10.3. The molecule has 1 heterocycles. The topological polar surface area (TPSA) is 44.7 Å². The normalized spacial score (nSPS) is 19.1. The van der Waals surface area contributed by atoms with Gasteiger partial charge in [-0.25, -0.2) is 0 Å². The highest BCUT2D eigenvalue weighted by molar-refractivity contribution is 6.02. The van der Waals surface area contributed by atoms with Crippen LogP contribution >= 0.6 is 0 Å². The van der Waals surface area contributed by atoms with Crippen molar-refractivity contribution in [3.05, 3.63) is 65.2 Å². The van der Waals surface area contributed by atoms with E-state index >= 15 is 0 Å². The maximum Gasteiger partial charge on any atom is 0.253 e. The summed E-state index contributed by atoms with van der Waals surface area (Å²) in [4.78, 5) is 19.2. The van der Waals surface area contributed by atoms with Gasteiger partial charge in [0.1, 0.15) is 5.84 Å². The van der Waals surface area contributed by atoms with E-state index in [9.17, 15) is 4.79 Å². The van der Waals surface area contributed by atoms with E-state index < -0.39 is 0 Å². The average Bonchev–Trinajstić information content (AvgIpc) is 2.72. The number of hydrogen-bond donors (Lipinski definition) is 1. The van der Waals surface area contributed by atoms with E-state index in [2.05, 4.69) is 29.6 Å². The Bertz CT molecular complexity index is 894. The van der Waals surface area contributed by atoms with Crippen LogP contribution < -0.4 is 5.32 Å². The first-order chi connectivity index (χ1) is 13.6. The second-order valence-electron chi connectivity index (χ2n) is 8.32. The van der Waals surface area contributed by atoms with E-state index in [1.54, 1.807) is 19.0 Å². The Labute approximate surface area is 167 Å². The van der Waals surface area contributed by atoms with E-state index in [4.69, 9.17) is 4.99 Å². The Morgan fingerprint density at radius 2 is 1.75 bits per heavy atom. The van der Waals surface area contributed by atoms with Crippen molar-refractivity contribution in [1.29, 1.82) is 0 Å². The van der Waals surface area contributed by atoms with Gasteiger partial charge in [-0.05, 0) is 42.5 Å². The first-order valence-corrected chi connectivity index (χ1v) is 10.3. The summed E-state index contributed by atoms with van der Waals surface area (Å²) in [5, 5.41) is 3.65. The third-order valence-corrected chi connectivity index (χ3v) is 6.17. The minimum absolute atomic E-state index is 0.0325. The number of hydrogen-bond acceptors (Lipinski definition) is 2. The Balaban J connectivity index is 1.67. The van der Waals surface area contributed by atoms with E-state index in [-0.39, 0.29) is 11.3 Å². The lowest BCUT2D eigenvalue weighted by Gasteiger charge is -2.42. The van der Waals surface area contributed by atoms with Gasteiger partial charge in [0.15, 0.2) is 0 Å². The molecule has 0 bridgehead atoms. The molecule has 1 fully saturated rings. The number of fused-ring (bicyclic) bond motifs is 1. The fourth-order valence-electron chi connectivity index (χ4n) is 4.63. The summed E-state index contributed by atoms with van der Waals surface area (Å²) < 4.78 is 0. The molecular formula is C24H29N3O. The summed E-state index contributed by atoms with van der Waals surface area (Å²) in [6.45, 7) is 0.530. The van der Waals surface area contributed by atoms with Crippen LogP contribution in [0.15, 0.2) is 53.5 Å². The lowest BCUT2D eigenvalue weighted by Crippen LogP contribution is -2.43. The number of rotatable bonds is 3. The number of carbonyl (C=O) groups is 1. The first kappa shape index (κ1) is 18.7. The maximum absolute atomic E-state index is 12.5. The lowest BCUT2D eigenvalue weighted by molar-refractivity contribution is 0.0826. The summed E-state index contributed by atoms with van der Waals surface area (Å²) in [5.74, 6) is 1.14. The van der Waals surface area contributed by atoms with Crippen LogP contribution in [0.3, 0.4) is 0 Å². The minimum Gasteiger partial charge on any atom is -0.345 e. The molecule has 2 aromatic carbocycles. The van der Waals surface area contributed by atoms with Crippen molar-refractivity contribution in [2.24, 2.45) is 10.4 Å². The third kappa shape index (κ3) is 3.56. The molecule has 146 valence electrons. The van der Waals surface area contributed by atoms with Crippen molar-refractivity contribution in [3.63, 3.8) is 0 Å². The molecule has 1 spiro atoms. The van der Waals surface area contributed by atoms with Gasteiger partial charge in [-0.1, -0.05) is 55.7 Å². The molecule has 4 rings (SSSR count). The lowest BCUT2D eigenvalue weighted by atomic mass is 9.67. The molecular weight excluding hydrogens is 346 g/mol. The summed E-state index contributed by atoms with van der Waals surface area (Å²) >= 11 is 0. The SMILES string of the molecule is CN(C)C(=O)c1ccccc1CN=C1Nc2ccccc2CC12CCCCC2. The van der Waals surface area contributed by atoms with Crippen molar-refractivity contribution < 1.29 is 4.79 Å². The summed E-state index contributed by atoms with van der Waals surface area (Å²) in [6.07, 6.45) is 7.28. The molecule has 2 aromatic rings. The molecule has 1 N–H and O–H groups in total. The van der Waals surface area contributed by atoms with Gasteiger partial charge in [-0.15, -0.1) is 0 Å². The highest BCUT2D eigenvalue weighted by Gasteiger charge is 2.40. The zero-order valence-corrected chi connectivity index (χ0v) is 16.9. The van der Waals surface area contributed by atoms with E-state index in [0.717, 1.165) is 23.4 Å². The smallest absolute Gasteiger partial charge is 0.253 e. The molecule has 4 nitrogen and oxygen atoms in total. The monoisotopic (exact) mass is 375 g/mol. The predicted octanol–water partition coefficient (Wildman–Crippen LogP) is 4.91. The fourth-order valence-corrected chi connectivity index (χ4v) is 4.63. The number of nitrogens with one attached hydrogen (secondary N) is 1. The van der Waals surface area contributed by atoms with Crippen LogP contribution in [-0.4, -0.2) is 30.7 Å². The van der Waals surface area contributed by atoms with Crippen LogP contribution in [0.1, 0.15) is 53.6 Å². The van der Waals surface area contributed by atoms with Crippen LogP contribution in [0.4, 0.5) is 5.69 Å². The van der Waals surface area contributed by atoms with Crippen LogP contribution in [0.2, 0.25) is 0 Å². The van der Waals surface area contributed by atoms with E-state index in [1.165, 1.54) is 43.4 Å². The second-order valence-corrected chi connectivity index (χ2v) is 8.32. The van der Waals surface area contributed by atoms with Gasteiger partial charge in [0.2, 0.25) is 0 Å². The van der Waals surface area contributed by atoms with E-state index in [1.807, 2.05) is 24.3 Å². The van der Waals surface area contributed by atoms with Crippen LogP contribution in [-0.2, 0) is 13.0 Å². The number of aliphatic imine (C=N–C) groups is 1. The fraction of sp³-hybridized carbons (Fsp3) is 0.417. The zero-order chi connectivity index (χ0) is 19.6. The Kier molecular flexibility index (Phi) is 5.21. The van der Waals surface area contributed by atoms with Gasteiger partial charge in [0.05, 0.1) is 6.54 Å². The molecule has 4 heteroatoms. The highest BCUT2D eigenvalue weighted by Crippen LogP contribution is 2.45. The zero-order valence-electron chi connectivity index (χ0n) is 16.9.